The van der Waals surface area contributed by atoms with Crippen molar-refractivity contribution >= 4 is 17.4 Å². The van der Waals surface area contributed by atoms with Crippen molar-refractivity contribution in [3.8, 4) is 11.5 Å². The Bertz CT molecular complexity index is 993. The zero-order valence-corrected chi connectivity index (χ0v) is 18.2. The van der Waals surface area contributed by atoms with Gasteiger partial charge >= 0.3 is 0 Å². The monoisotopic (exact) mass is 423 g/mol. The molecule has 1 fully saturated rings. The summed E-state index contributed by atoms with van der Waals surface area (Å²) < 4.78 is 5.22. The number of carbonyl (C=O) groups excluding carboxylic acids is 2. The van der Waals surface area contributed by atoms with Gasteiger partial charge < -0.3 is 19.8 Å². The van der Waals surface area contributed by atoms with E-state index >= 15 is 0 Å². The number of aliphatic hydroxyl groups excluding tert-OH is 1. The Balaban J connectivity index is 2.10. The van der Waals surface area contributed by atoms with E-state index in [1.165, 1.54) is 18.1 Å². The van der Waals surface area contributed by atoms with E-state index in [0.29, 0.717) is 17.7 Å². The number of amides is 1. The minimum atomic E-state index is -0.752. The number of aromatic hydroxyl groups is 1. The lowest BCUT2D eigenvalue weighted by molar-refractivity contribution is -0.139. The Morgan fingerprint density at radius 2 is 1.77 bits per heavy atom. The molecule has 6 nitrogen and oxygen atoms in total. The molecule has 1 saturated heterocycles. The third-order valence-electron chi connectivity index (χ3n) is 5.64. The highest BCUT2D eigenvalue weighted by Crippen LogP contribution is 2.41. The van der Waals surface area contributed by atoms with Crippen molar-refractivity contribution in [1.82, 2.24) is 4.90 Å². The summed E-state index contributed by atoms with van der Waals surface area (Å²) in [6, 6.07) is 11.1. The fraction of sp³-hybridized carbons (Fsp3) is 0.360. The van der Waals surface area contributed by atoms with Crippen molar-refractivity contribution in [2.24, 2.45) is 0 Å². The molecule has 164 valence electrons. The first-order chi connectivity index (χ1) is 14.9. The van der Waals surface area contributed by atoms with Gasteiger partial charge in [0.1, 0.15) is 5.76 Å². The SMILES string of the molecule is CCCCCCN1C(=O)C(=O)/C(=C(\O)c2ccc(C)cc2)C1c1ccc(O)c(OC)c1. The van der Waals surface area contributed by atoms with Crippen LogP contribution in [0.4, 0.5) is 0 Å². The lowest BCUT2D eigenvalue weighted by atomic mass is 9.94. The standard InChI is InChI=1S/C25H29NO5/c1-4-5-6-7-14-26-22(18-12-13-19(27)20(15-18)31-3)21(24(29)25(26)30)23(28)17-10-8-16(2)9-11-17/h8-13,15,22,27-28H,4-7,14H2,1-3H3/b23-21-. The van der Waals surface area contributed by atoms with Gasteiger partial charge in [0.15, 0.2) is 11.5 Å². The van der Waals surface area contributed by atoms with Crippen LogP contribution >= 0.6 is 0 Å². The smallest absolute Gasteiger partial charge is 0.295 e. The molecule has 1 heterocycles. The van der Waals surface area contributed by atoms with Crippen LogP contribution < -0.4 is 4.74 Å². The molecule has 1 amide bonds. The molecule has 2 aromatic rings. The molecule has 2 aromatic carbocycles. The number of likely N-dealkylation sites (tertiary alicyclic amines) is 1. The molecule has 0 bridgehead atoms. The van der Waals surface area contributed by atoms with E-state index in [1.807, 2.05) is 19.1 Å². The normalized spacial score (nSPS) is 17.9. The number of unbranched alkanes of at least 4 members (excludes halogenated alkanes) is 3. The number of methoxy groups -OCH3 is 1. The lowest BCUT2D eigenvalue weighted by Gasteiger charge is -2.25. The van der Waals surface area contributed by atoms with E-state index in [9.17, 15) is 19.8 Å². The summed E-state index contributed by atoms with van der Waals surface area (Å²) in [4.78, 5) is 27.4. The van der Waals surface area contributed by atoms with Gasteiger partial charge in [0, 0.05) is 12.1 Å². The Kier molecular flexibility index (Phi) is 7.00. The molecule has 1 aliphatic rings. The fourth-order valence-electron chi connectivity index (χ4n) is 3.90. The van der Waals surface area contributed by atoms with E-state index in [1.54, 1.807) is 24.3 Å². The second-order valence-electron chi connectivity index (χ2n) is 7.85. The lowest BCUT2D eigenvalue weighted by Crippen LogP contribution is -2.30. The van der Waals surface area contributed by atoms with Crippen LogP contribution in [0, 0.1) is 6.92 Å². The van der Waals surface area contributed by atoms with Crippen LogP contribution in [0.5, 0.6) is 11.5 Å². The summed E-state index contributed by atoms with van der Waals surface area (Å²) >= 11 is 0. The zero-order chi connectivity index (χ0) is 22.5. The predicted octanol–water partition coefficient (Wildman–Crippen LogP) is 4.71. The molecule has 3 rings (SSSR count). The topological polar surface area (TPSA) is 87.1 Å². The molecule has 6 heteroatoms. The molecule has 0 saturated carbocycles. The first kappa shape index (κ1) is 22.4. The third kappa shape index (κ3) is 4.58. The van der Waals surface area contributed by atoms with E-state index in [4.69, 9.17) is 4.74 Å². The molecule has 0 radical (unpaired) electrons. The summed E-state index contributed by atoms with van der Waals surface area (Å²) in [5.41, 5.74) is 2.15. The number of rotatable bonds is 8. The molecule has 0 spiro atoms. The number of aryl methyl sites for hydroxylation is 1. The molecule has 1 atom stereocenters. The third-order valence-corrected chi connectivity index (χ3v) is 5.64. The molecule has 31 heavy (non-hydrogen) atoms. The number of carbonyl (C=O) groups is 2. The summed E-state index contributed by atoms with van der Waals surface area (Å²) in [5, 5.41) is 21.0. The highest BCUT2D eigenvalue weighted by molar-refractivity contribution is 6.46. The first-order valence-electron chi connectivity index (χ1n) is 10.6. The Morgan fingerprint density at radius 1 is 1.06 bits per heavy atom. The molecule has 2 N–H and O–H groups in total. The average molecular weight is 424 g/mol. The van der Waals surface area contributed by atoms with E-state index in [0.717, 1.165) is 31.2 Å². The van der Waals surface area contributed by atoms with E-state index in [2.05, 4.69) is 6.92 Å². The van der Waals surface area contributed by atoms with Crippen molar-refractivity contribution in [3.05, 3.63) is 64.7 Å². The predicted molar refractivity (Wildman–Crippen MR) is 119 cm³/mol. The van der Waals surface area contributed by atoms with Crippen LogP contribution in [0.25, 0.3) is 5.76 Å². The van der Waals surface area contributed by atoms with Gasteiger partial charge in [0.2, 0.25) is 0 Å². The van der Waals surface area contributed by atoms with Gasteiger partial charge in [-0.05, 0) is 31.0 Å². The number of phenols is 1. The fourth-order valence-corrected chi connectivity index (χ4v) is 3.90. The van der Waals surface area contributed by atoms with Crippen LogP contribution in [0.2, 0.25) is 0 Å². The number of Topliss-reactive ketones (excluding diaryl/α,β-unsaturated/α-hetero) is 1. The molecule has 0 aliphatic carbocycles. The van der Waals surface area contributed by atoms with Crippen molar-refractivity contribution in [2.45, 2.75) is 45.6 Å². The number of aliphatic hydroxyl groups is 1. The van der Waals surface area contributed by atoms with Crippen LogP contribution in [0.15, 0.2) is 48.0 Å². The minimum Gasteiger partial charge on any atom is -0.507 e. The Labute approximate surface area is 182 Å². The van der Waals surface area contributed by atoms with Gasteiger partial charge in [0.05, 0.1) is 18.7 Å². The Hall–Kier alpha value is -3.28. The molecular formula is C25H29NO5. The number of benzene rings is 2. The first-order valence-corrected chi connectivity index (χ1v) is 10.6. The van der Waals surface area contributed by atoms with Crippen LogP contribution in [-0.4, -0.2) is 40.5 Å². The van der Waals surface area contributed by atoms with Gasteiger partial charge in [-0.15, -0.1) is 0 Å². The van der Waals surface area contributed by atoms with Crippen LogP contribution in [-0.2, 0) is 9.59 Å². The average Bonchev–Trinajstić information content (AvgIpc) is 3.02. The highest BCUT2D eigenvalue weighted by Gasteiger charge is 2.46. The second kappa shape index (κ2) is 9.69. The summed E-state index contributed by atoms with van der Waals surface area (Å²) in [7, 11) is 1.44. The summed E-state index contributed by atoms with van der Waals surface area (Å²) in [6.45, 7) is 4.45. The Morgan fingerprint density at radius 3 is 2.42 bits per heavy atom. The van der Waals surface area contributed by atoms with Gasteiger partial charge in [-0.3, -0.25) is 9.59 Å². The van der Waals surface area contributed by atoms with Gasteiger partial charge in [-0.2, -0.15) is 0 Å². The number of hydrogen-bond acceptors (Lipinski definition) is 5. The number of ether oxygens (including phenoxy) is 1. The van der Waals surface area contributed by atoms with Gasteiger partial charge in [-0.25, -0.2) is 0 Å². The van der Waals surface area contributed by atoms with Gasteiger partial charge in [-0.1, -0.05) is 62.1 Å². The zero-order valence-electron chi connectivity index (χ0n) is 18.2. The van der Waals surface area contributed by atoms with Gasteiger partial charge in [0.25, 0.3) is 11.7 Å². The molecule has 0 aromatic heterocycles. The van der Waals surface area contributed by atoms with Crippen LogP contribution in [0.1, 0.15) is 55.3 Å². The van der Waals surface area contributed by atoms with Crippen molar-refractivity contribution < 1.29 is 24.5 Å². The maximum absolute atomic E-state index is 13.0. The summed E-state index contributed by atoms with van der Waals surface area (Å²) in [5.74, 6) is -1.33. The van der Waals surface area contributed by atoms with E-state index in [-0.39, 0.29) is 22.8 Å². The number of ketones is 1. The highest BCUT2D eigenvalue weighted by atomic mass is 16.5. The summed E-state index contributed by atoms with van der Waals surface area (Å²) in [6.07, 6.45) is 3.82. The number of phenolic OH excluding ortho intramolecular Hbond substituents is 1. The molecular weight excluding hydrogens is 394 g/mol. The van der Waals surface area contributed by atoms with Crippen LogP contribution in [0.3, 0.4) is 0 Å². The second-order valence-corrected chi connectivity index (χ2v) is 7.85. The maximum atomic E-state index is 13.0. The van der Waals surface area contributed by atoms with E-state index < -0.39 is 17.7 Å². The quantitative estimate of drug-likeness (QED) is 0.278. The van der Waals surface area contributed by atoms with Crippen molar-refractivity contribution in [1.29, 1.82) is 0 Å². The molecule has 1 unspecified atom stereocenters. The largest absolute Gasteiger partial charge is 0.507 e. The minimum absolute atomic E-state index is 0.0373. The van der Waals surface area contributed by atoms with Crippen molar-refractivity contribution in [3.63, 3.8) is 0 Å². The number of hydrogen-bond donors (Lipinski definition) is 2. The number of nitrogens with zero attached hydrogens (tertiary/aromatic N) is 1. The molecule has 1 aliphatic heterocycles. The van der Waals surface area contributed by atoms with Crippen molar-refractivity contribution in [2.75, 3.05) is 13.7 Å². The maximum Gasteiger partial charge on any atom is 0.295 e.